The number of amides is 1. The fourth-order valence-electron chi connectivity index (χ4n) is 3.94. The number of hydrogen-bond donors (Lipinski definition) is 1. The predicted molar refractivity (Wildman–Crippen MR) is 128 cm³/mol. The maximum atomic E-state index is 12.4. The number of benzene rings is 2. The van der Waals surface area contributed by atoms with Crippen molar-refractivity contribution in [1.29, 1.82) is 0 Å². The molecule has 1 aliphatic heterocycles. The molecule has 1 aliphatic rings. The molecule has 1 fully saturated rings. The molecule has 0 atom stereocenters. The average molecular weight is 504 g/mol. The van der Waals surface area contributed by atoms with Crippen LogP contribution in [0.2, 0.25) is 10.0 Å². The SMILES string of the molecule is O=C(CCc1nc(-c2ccccc2[N+](=O)[O-])no1)NC1CCN(Cc2ccc(Cl)c(Cl)c2)CC1. The van der Waals surface area contributed by atoms with Gasteiger partial charge in [0.05, 0.1) is 15.0 Å². The molecule has 2 heterocycles. The number of nitro benzene ring substituents is 1. The van der Waals surface area contributed by atoms with E-state index in [1.165, 1.54) is 6.07 Å². The van der Waals surface area contributed by atoms with Crippen LogP contribution in [-0.2, 0) is 17.8 Å². The molecule has 34 heavy (non-hydrogen) atoms. The van der Waals surface area contributed by atoms with Crippen molar-refractivity contribution in [3.63, 3.8) is 0 Å². The van der Waals surface area contributed by atoms with Crippen LogP contribution in [0.15, 0.2) is 47.0 Å². The van der Waals surface area contributed by atoms with E-state index in [1.54, 1.807) is 24.3 Å². The largest absolute Gasteiger partial charge is 0.353 e. The van der Waals surface area contributed by atoms with Gasteiger partial charge in [0.25, 0.3) is 5.69 Å². The first-order chi connectivity index (χ1) is 16.4. The van der Waals surface area contributed by atoms with E-state index in [1.807, 2.05) is 12.1 Å². The molecule has 3 aromatic rings. The van der Waals surface area contributed by atoms with E-state index in [4.69, 9.17) is 27.7 Å². The van der Waals surface area contributed by atoms with Crippen LogP contribution in [0.4, 0.5) is 5.69 Å². The van der Waals surface area contributed by atoms with Crippen LogP contribution in [-0.4, -0.2) is 45.0 Å². The van der Waals surface area contributed by atoms with Crippen molar-refractivity contribution in [2.45, 2.75) is 38.3 Å². The standard InChI is InChI=1S/C23H23Cl2N5O4/c24-18-6-5-15(13-19(18)25)14-29-11-9-16(10-12-29)26-21(31)7-8-22-27-23(28-34-22)17-3-1-2-4-20(17)30(32)33/h1-6,13,16H,7-12,14H2,(H,26,31). The third kappa shape index (κ3) is 6.11. The van der Waals surface area contributed by atoms with E-state index in [9.17, 15) is 14.9 Å². The van der Waals surface area contributed by atoms with Gasteiger partial charge in [0.1, 0.15) is 5.56 Å². The lowest BCUT2D eigenvalue weighted by Gasteiger charge is -2.32. The van der Waals surface area contributed by atoms with E-state index < -0.39 is 4.92 Å². The van der Waals surface area contributed by atoms with Crippen LogP contribution >= 0.6 is 23.2 Å². The minimum absolute atomic E-state index is 0.0895. The molecule has 1 saturated heterocycles. The minimum Gasteiger partial charge on any atom is -0.353 e. The highest BCUT2D eigenvalue weighted by Crippen LogP contribution is 2.27. The summed E-state index contributed by atoms with van der Waals surface area (Å²) in [7, 11) is 0. The Bertz CT molecular complexity index is 1180. The summed E-state index contributed by atoms with van der Waals surface area (Å²) in [5, 5.41) is 19.2. The number of nitrogens with one attached hydrogen (secondary N) is 1. The van der Waals surface area contributed by atoms with Crippen LogP contribution in [0.25, 0.3) is 11.4 Å². The molecule has 0 spiro atoms. The Morgan fingerprint density at radius 2 is 1.94 bits per heavy atom. The third-order valence-electron chi connectivity index (χ3n) is 5.72. The van der Waals surface area contributed by atoms with Crippen LogP contribution in [0.3, 0.4) is 0 Å². The Kier molecular flexibility index (Phi) is 7.77. The van der Waals surface area contributed by atoms with Crippen molar-refractivity contribution in [1.82, 2.24) is 20.4 Å². The molecule has 4 rings (SSSR count). The van der Waals surface area contributed by atoms with Crippen molar-refractivity contribution < 1.29 is 14.2 Å². The first kappa shape index (κ1) is 24.1. The third-order valence-corrected chi connectivity index (χ3v) is 6.46. The Hall–Kier alpha value is -3.01. The highest BCUT2D eigenvalue weighted by Gasteiger charge is 2.22. The van der Waals surface area contributed by atoms with Gasteiger partial charge < -0.3 is 9.84 Å². The number of aromatic nitrogens is 2. The van der Waals surface area contributed by atoms with E-state index in [0.29, 0.717) is 10.0 Å². The number of nitro groups is 1. The molecule has 0 aliphatic carbocycles. The van der Waals surface area contributed by atoms with Gasteiger partial charge in [0.15, 0.2) is 0 Å². The Morgan fingerprint density at radius 1 is 1.18 bits per heavy atom. The van der Waals surface area contributed by atoms with Gasteiger partial charge in [-0.15, -0.1) is 0 Å². The first-order valence-corrected chi connectivity index (χ1v) is 11.7. The van der Waals surface area contributed by atoms with Crippen LogP contribution in [0.1, 0.15) is 30.7 Å². The quantitative estimate of drug-likeness (QED) is 0.350. The van der Waals surface area contributed by atoms with E-state index in [0.717, 1.165) is 38.0 Å². The molecule has 0 saturated carbocycles. The molecule has 0 radical (unpaired) electrons. The van der Waals surface area contributed by atoms with Gasteiger partial charge in [0, 0.05) is 44.6 Å². The second-order valence-corrected chi connectivity index (χ2v) is 8.97. The summed E-state index contributed by atoms with van der Waals surface area (Å²) >= 11 is 12.1. The summed E-state index contributed by atoms with van der Waals surface area (Å²) in [5.41, 5.74) is 1.29. The summed E-state index contributed by atoms with van der Waals surface area (Å²) < 4.78 is 5.19. The molecule has 0 bridgehead atoms. The smallest absolute Gasteiger partial charge is 0.280 e. The zero-order valence-corrected chi connectivity index (χ0v) is 19.8. The molecule has 0 unspecified atom stereocenters. The second-order valence-electron chi connectivity index (χ2n) is 8.15. The van der Waals surface area contributed by atoms with Gasteiger partial charge in [-0.05, 0) is 36.6 Å². The van der Waals surface area contributed by atoms with Gasteiger partial charge in [-0.1, -0.05) is 46.6 Å². The number of hydrogen-bond acceptors (Lipinski definition) is 7. The Balaban J connectivity index is 1.22. The van der Waals surface area contributed by atoms with Crippen molar-refractivity contribution in [3.05, 3.63) is 74.1 Å². The number of nitrogens with zero attached hydrogens (tertiary/aromatic N) is 4. The molecule has 178 valence electrons. The van der Waals surface area contributed by atoms with Crippen LogP contribution in [0.5, 0.6) is 0 Å². The van der Waals surface area contributed by atoms with Crippen molar-refractivity contribution in [2.24, 2.45) is 0 Å². The van der Waals surface area contributed by atoms with Crippen LogP contribution < -0.4 is 5.32 Å². The summed E-state index contributed by atoms with van der Waals surface area (Å²) in [5.74, 6) is 0.310. The highest BCUT2D eigenvalue weighted by atomic mass is 35.5. The zero-order valence-electron chi connectivity index (χ0n) is 18.2. The molecule has 9 nitrogen and oxygen atoms in total. The fourth-order valence-corrected chi connectivity index (χ4v) is 4.26. The molecule has 1 amide bonds. The van der Waals surface area contributed by atoms with Crippen molar-refractivity contribution >= 4 is 34.8 Å². The number of halogens is 2. The highest BCUT2D eigenvalue weighted by molar-refractivity contribution is 6.42. The number of likely N-dealkylation sites (tertiary alicyclic amines) is 1. The normalized spacial score (nSPS) is 14.8. The van der Waals surface area contributed by atoms with Gasteiger partial charge >= 0.3 is 0 Å². The van der Waals surface area contributed by atoms with Crippen LogP contribution in [0, 0.1) is 10.1 Å². The van der Waals surface area contributed by atoms with Crippen molar-refractivity contribution in [3.8, 4) is 11.4 Å². The Labute approximate surface area is 206 Å². The first-order valence-electron chi connectivity index (χ1n) is 10.9. The lowest BCUT2D eigenvalue weighted by atomic mass is 10.0. The lowest BCUT2D eigenvalue weighted by Crippen LogP contribution is -2.44. The maximum absolute atomic E-state index is 12.4. The summed E-state index contributed by atoms with van der Waals surface area (Å²) in [6.45, 7) is 2.53. The van der Waals surface area contributed by atoms with E-state index in [-0.39, 0.29) is 47.8 Å². The zero-order chi connectivity index (χ0) is 24.1. The molecule has 1 aromatic heterocycles. The number of para-hydroxylation sites is 1. The molecule has 2 aromatic carbocycles. The number of rotatable bonds is 8. The summed E-state index contributed by atoms with van der Waals surface area (Å²) in [6.07, 6.45) is 2.17. The number of carbonyl (C=O) groups excluding carboxylic acids is 1. The van der Waals surface area contributed by atoms with Gasteiger partial charge in [-0.3, -0.25) is 19.8 Å². The minimum atomic E-state index is -0.491. The lowest BCUT2D eigenvalue weighted by molar-refractivity contribution is -0.384. The molecular formula is C23H23Cl2N5O4. The molecule has 1 N–H and O–H groups in total. The number of piperidine rings is 1. The summed E-state index contributed by atoms with van der Waals surface area (Å²) in [6, 6.07) is 12.0. The summed E-state index contributed by atoms with van der Waals surface area (Å²) in [4.78, 5) is 29.7. The number of carbonyl (C=O) groups is 1. The molecule has 11 heteroatoms. The van der Waals surface area contributed by atoms with E-state index in [2.05, 4.69) is 20.4 Å². The number of aryl methyl sites for hydroxylation is 1. The van der Waals surface area contributed by atoms with Gasteiger partial charge in [0.2, 0.25) is 17.6 Å². The topological polar surface area (TPSA) is 114 Å². The Morgan fingerprint density at radius 3 is 2.68 bits per heavy atom. The van der Waals surface area contributed by atoms with Crippen molar-refractivity contribution in [2.75, 3.05) is 13.1 Å². The molecular weight excluding hydrogens is 481 g/mol. The maximum Gasteiger partial charge on any atom is 0.280 e. The van der Waals surface area contributed by atoms with E-state index >= 15 is 0 Å². The second kappa shape index (κ2) is 10.9. The monoisotopic (exact) mass is 503 g/mol. The van der Waals surface area contributed by atoms with Gasteiger partial charge in [-0.2, -0.15) is 4.98 Å². The predicted octanol–water partition coefficient (Wildman–Crippen LogP) is 4.67. The average Bonchev–Trinajstić information content (AvgIpc) is 3.30. The van der Waals surface area contributed by atoms with Gasteiger partial charge in [-0.25, -0.2) is 0 Å². The fraction of sp³-hybridized carbons (Fsp3) is 0.348.